The van der Waals surface area contributed by atoms with Gasteiger partial charge in [-0.1, -0.05) is 35.0 Å². The number of aromatic nitrogens is 4. The Morgan fingerprint density at radius 1 is 1.29 bits per heavy atom. The van der Waals surface area contributed by atoms with E-state index in [0.29, 0.717) is 27.4 Å². The molecular weight excluding hydrogens is 421 g/mol. The van der Waals surface area contributed by atoms with E-state index in [0.717, 1.165) is 5.56 Å². The summed E-state index contributed by atoms with van der Waals surface area (Å²) in [5.74, 6) is 1.30. The lowest BCUT2D eigenvalue weighted by Crippen LogP contribution is -2.15. The van der Waals surface area contributed by atoms with Crippen LogP contribution in [0.5, 0.6) is 5.75 Å². The van der Waals surface area contributed by atoms with Crippen molar-refractivity contribution in [1.82, 2.24) is 19.7 Å². The van der Waals surface area contributed by atoms with Crippen molar-refractivity contribution in [2.24, 2.45) is 7.05 Å². The Hall–Kier alpha value is -2.29. The van der Waals surface area contributed by atoms with Gasteiger partial charge < -0.3 is 14.6 Å². The summed E-state index contributed by atoms with van der Waals surface area (Å²) < 4.78 is 7.54. The summed E-state index contributed by atoms with van der Waals surface area (Å²) in [5.41, 5.74) is 1.41. The zero-order valence-electron chi connectivity index (χ0n) is 15.1. The fourth-order valence-corrected chi connectivity index (χ4v) is 3.26. The largest absolute Gasteiger partial charge is 0.486 e. The van der Waals surface area contributed by atoms with E-state index in [-0.39, 0.29) is 23.4 Å². The van der Waals surface area contributed by atoms with E-state index in [4.69, 9.17) is 27.9 Å². The van der Waals surface area contributed by atoms with Gasteiger partial charge in [-0.2, -0.15) is 0 Å². The van der Waals surface area contributed by atoms with Crippen LogP contribution in [0.2, 0.25) is 10.2 Å². The Balaban J connectivity index is 1.54. The molecular formula is C18H17Cl2N5O2S. The highest BCUT2D eigenvalue weighted by Gasteiger charge is 2.13. The molecule has 3 rings (SSSR count). The summed E-state index contributed by atoms with van der Waals surface area (Å²) in [6.45, 7) is 2.17. The number of benzene rings is 1. The molecule has 0 atom stereocenters. The fourth-order valence-electron chi connectivity index (χ4n) is 2.25. The van der Waals surface area contributed by atoms with Crippen molar-refractivity contribution >= 4 is 46.6 Å². The Morgan fingerprint density at radius 2 is 2.11 bits per heavy atom. The van der Waals surface area contributed by atoms with E-state index in [2.05, 4.69) is 20.5 Å². The molecule has 7 nitrogen and oxygen atoms in total. The molecule has 0 aliphatic rings. The quantitative estimate of drug-likeness (QED) is 0.441. The van der Waals surface area contributed by atoms with Crippen molar-refractivity contribution in [3.63, 3.8) is 0 Å². The minimum Gasteiger partial charge on any atom is -0.486 e. The molecule has 1 N–H and O–H groups in total. The third-order valence-electron chi connectivity index (χ3n) is 3.79. The fraction of sp³-hybridized carbons (Fsp3) is 0.222. The number of hydrogen-bond acceptors (Lipinski definition) is 6. The van der Waals surface area contributed by atoms with Crippen molar-refractivity contribution in [2.75, 3.05) is 11.1 Å². The minimum absolute atomic E-state index is 0.161. The average molecular weight is 438 g/mol. The molecule has 0 aliphatic carbocycles. The van der Waals surface area contributed by atoms with Gasteiger partial charge in [0.1, 0.15) is 12.4 Å². The molecule has 146 valence electrons. The number of carbonyl (C=O) groups excluding carboxylic acids is 1. The smallest absolute Gasteiger partial charge is 0.234 e. The van der Waals surface area contributed by atoms with E-state index in [1.165, 1.54) is 11.8 Å². The Morgan fingerprint density at radius 3 is 2.86 bits per heavy atom. The third kappa shape index (κ3) is 5.15. The number of anilines is 1. The highest BCUT2D eigenvalue weighted by atomic mass is 35.5. The summed E-state index contributed by atoms with van der Waals surface area (Å²) in [4.78, 5) is 16.0. The molecule has 10 heteroatoms. The van der Waals surface area contributed by atoms with Gasteiger partial charge in [0.05, 0.1) is 11.4 Å². The first-order valence-corrected chi connectivity index (χ1v) is 9.98. The van der Waals surface area contributed by atoms with Gasteiger partial charge >= 0.3 is 0 Å². The molecule has 0 spiro atoms. The lowest BCUT2D eigenvalue weighted by atomic mass is 10.2. The molecule has 0 saturated carbocycles. The van der Waals surface area contributed by atoms with Crippen LogP contribution in [0.4, 0.5) is 5.69 Å². The van der Waals surface area contributed by atoms with Crippen LogP contribution in [-0.4, -0.2) is 31.4 Å². The van der Waals surface area contributed by atoms with E-state index in [9.17, 15) is 4.79 Å². The number of halogens is 2. The molecule has 0 fully saturated rings. The number of nitrogens with zero attached hydrogens (tertiary/aromatic N) is 4. The topological polar surface area (TPSA) is 81.9 Å². The van der Waals surface area contributed by atoms with Crippen molar-refractivity contribution in [3.05, 3.63) is 58.1 Å². The first-order chi connectivity index (χ1) is 13.4. The Labute approximate surface area is 176 Å². The predicted octanol–water partition coefficient (Wildman–Crippen LogP) is 4.14. The molecule has 0 radical (unpaired) electrons. The molecule has 3 aromatic rings. The summed E-state index contributed by atoms with van der Waals surface area (Å²) >= 11 is 13.2. The second kappa shape index (κ2) is 9.27. The van der Waals surface area contributed by atoms with Crippen molar-refractivity contribution < 1.29 is 9.53 Å². The Bertz CT molecular complexity index is 996. The molecule has 0 saturated heterocycles. The van der Waals surface area contributed by atoms with E-state index in [1.54, 1.807) is 35.0 Å². The van der Waals surface area contributed by atoms with Gasteiger partial charge in [-0.25, -0.2) is 4.98 Å². The maximum absolute atomic E-state index is 12.1. The Kier molecular flexibility index (Phi) is 6.77. The molecule has 2 heterocycles. The van der Waals surface area contributed by atoms with Crippen LogP contribution in [0, 0.1) is 6.92 Å². The molecule has 1 amide bonds. The van der Waals surface area contributed by atoms with Gasteiger partial charge in [0.25, 0.3) is 0 Å². The summed E-state index contributed by atoms with van der Waals surface area (Å²) in [6.07, 6.45) is 1.56. The maximum Gasteiger partial charge on any atom is 0.234 e. The van der Waals surface area contributed by atoms with Crippen LogP contribution < -0.4 is 10.1 Å². The van der Waals surface area contributed by atoms with E-state index < -0.39 is 0 Å². The van der Waals surface area contributed by atoms with Gasteiger partial charge in [-0.05, 0) is 42.8 Å². The van der Waals surface area contributed by atoms with Gasteiger partial charge in [0.2, 0.25) is 5.91 Å². The summed E-state index contributed by atoms with van der Waals surface area (Å²) in [6, 6.07) is 8.84. The SMILES string of the molecule is Cc1cc(OCc2nnc(SCC(=O)Nc3cccnc3Cl)n2C)ccc1Cl. The predicted molar refractivity (Wildman–Crippen MR) is 110 cm³/mol. The second-order valence-electron chi connectivity index (χ2n) is 5.84. The van der Waals surface area contributed by atoms with Crippen LogP contribution in [0.15, 0.2) is 41.7 Å². The normalized spacial score (nSPS) is 10.7. The van der Waals surface area contributed by atoms with Crippen molar-refractivity contribution in [3.8, 4) is 5.75 Å². The zero-order valence-corrected chi connectivity index (χ0v) is 17.5. The van der Waals surface area contributed by atoms with Gasteiger partial charge in [-0.3, -0.25) is 4.79 Å². The average Bonchev–Trinajstić information content (AvgIpc) is 3.03. The molecule has 1 aromatic carbocycles. The van der Waals surface area contributed by atoms with E-state index in [1.807, 2.05) is 20.0 Å². The highest BCUT2D eigenvalue weighted by molar-refractivity contribution is 7.99. The third-order valence-corrected chi connectivity index (χ3v) is 5.53. The standard InChI is InChI=1S/C18H17Cl2N5O2S/c1-11-8-12(5-6-13(11)19)27-9-15-23-24-18(25(15)2)28-10-16(26)22-14-4-3-7-21-17(14)20/h3-8H,9-10H2,1-2H3,(H,22,26). The highest BCUT2D eigenvalue weighted by Crippen LogP contribution is 2.23. The number of nitrogens with one attached hydrogen (secondary N) is 1. The van der Waals surface area contributed by atoms with E-state index >= 15 is 0 Å². The van der Waals surface area contributed by atoms with Gasteiger partial charge in [-0.15, -0.1) is 10.2 Å². The van der Waals surface area contributed by atoms with Crippen molar-refractivity contribution in [1.29, 1.82) is 0 Å². The van der Waals surface area contributed by atoms with Crippen LogP contribution in [0.1, 0.15) is 11.4 Å². The summed E-state index contributed by atoms with van der Waals surface area (Å²) in [7, 11) is 1.82. The number of thioether (sulfide) groups is 1. The lowest BCUT2D eigenvalue weighted by Gasteiger charge is -2.08. The number of ether oxygens (including phenoxy) is 1. The van der Waals surface area contributed by atoms with Crippen LogP contribution >= 0.6 is 35.0 Å². The van der Waals surface area contributed by atoms with Gasteiger partial charge in [0, 0.05) is 18.3 Å². The van der Waals surface area contributed by atoms with Crippen molar-refractivity contribution in [2.45, 2.75) is 18.7 Å². The van der Waals surface area contributed by atoms with Crippen LogP contribution in [0.3, 0.4) is 0 Å². The molecule has 0 unspecified atom stereocenters. The van der Waals surface area contributed by atoms with Gasteiger partial charge in [0.15, 0.2) is 16.1 Å². The molecule has 28 heavy (non-hydrogen) atoms. The maximum atomic E-state index is 12.1. The molecule has 0 aliphatic heterocycles. The number of pyridine rings is 1. The van der Waals surface area contributed by atoms with Crippen LogP contribution in [-0.2, 0) is 18.4 Å². The molecule has 2 aromatic heterocycles. The monoisotopic (exact) mass is 437 g/mol. The number of rotatable bonds is 7. The number of amides is 1. The zero-order chi connectivity index (χ0) is 20.1. The number of hydrogen-bond donors (Lipinski definition) is 1. The first kappa shape index (κ1) is 20.4. The van der Waals surface area contributed by atoms with Crippen LogP contribution in [0.25, 0.3) is 0 Å². The number of aryl methyl sites for hydroxylation is 1. The summed E-state index contributed by atoms with van der Waals surface area (Å²) in [5, 5.41) is 12.5. The number of carbonyl (C=O) groups is 1. The minimum atomic E-state index is -0.211. The lowest BCUT2D eigenvalue weighted by molar-refractivity contribution is -0.113. The second-order valence-corrected chi connectivity index (χ2v) is 7.54. The first-order valence-electron chi connectivity index (χ1n) is 8.24. The molecule has 0 bridgehead atoms.